The van der Waals surface area contributed by atoms with E-state index in [0.717, 1.165) is 5.56 Å². The first kappa shape index (κ1) is 20.1. The average Bonchev–Trinajstić information content (AvgIpc) is 2.62. The van der Waals surface area contributed by atoms with Crippen molar-refractivity contribution in [3.05, 3.63) is 65.2 Å². The standard InChI is InChI=1S/C19H24N2O4S/c1-14-9-10-17(13-18(14)19(22)20-11-12-25-3)26(23,24)21-15(2)16-7-5-4-6-8-16/h4-10,13,15,21H,11-12H2,1-3H3,(H,20,22)/t15-/m0/s1. The number of aryl methyl sites for hydroxylation is 1. The van der Waals surface area contributed by atoms with Gasteiger partial charge < -0.3 is 10.1 Å². The molecule has 2 rings (SSSR count). The van der Waals surface area contributed by atoms with Crippen LogP contribution in [0.1, 0.15) is 34.5 Å². The summed E-state index contributed by atoms with van der Waals surface area (Å²) in [5.74, 6) is -0.326. The lowest BCUT2D eigenvalue weighted by molar-refractivity contribution is 0.0936. The van der Waals surface area contributed by atoms with Crippen molar-refractivity contribution in [1.29, 1.82) is 0 Å². The molecule has 0 heterocycles. The Hall–Kier alpha value is -2.22. The zero-order chi connectivity index (χ0) is 19.2. The number of hydrogen-bond acceptors (Lipinski definition) is 4. The number of carbonyl (C=O) groups is 1. The number of sulfonamides is 1. The van der Waals surface area contributed by atoms with Crippen molar-refractivity contribution in [1.82, 2.24) is 10.0 Å². The van der Waals surface area contributed by atoms with Gasteiger partial charge in [0.05, 0.1) is 11.5 Å². The highest BCUT2D eigenvalue weighted by atomic mass is 32.2. The van der Waals surface area contributed by atoms with Gasteiger partial charge in [-0.3, -0.25) is 4.79 Å². The number of ether oxygens (including phenoxy) is 1. The van der Waals surface area contributed by atoms with Crippen LogP contribution in [0, 0.1) is 6.92 Å². The summed E-state index contributed by atoms with van der Waals surface area (Å²) in [4.78, 5) is 12.3. The normalized spacial score (nSPS) is 12.6. The Morgan fingerprint density at radius 1 is 1.15 bits per heavy atom. The molecule has 0 saturated carbocycles. The van der Waals surface area contributed by atoms with Gasteiger partial charge in [-0.1, -0.05) is 36.4 Å². The first-order valence-corrected chi connectivity index (χ1v) is 9.78. The van der Waals surface area contributed by atoms with Crippen LogP contribution < -0.4 is 10.0 Å². The van der Waals surface area contributed by atoms with Crippen LogP contribution in [0.25, 0.3) is 0 Å². The van der Waals surface area contributed by atoms with Crippen molar-refractivity contribution in [2.24, 2.45) is 0 Å². The minimum Gasteiger partial charge on any atom is -0.383 e. The molecule has 0 saturated heterocycles. The quantitative estimate of drug-likeness (QED) is 0.693. The minimum atomic E-state index is -3.76. The van der Waals surface area contributed by atoms with Crippen molar-refractivity contribution >= 4 is 15.9 Å². The molecule has 0 fully saturated rings. The van der Waals surface area contributed by atoms with Crippen LogP contribution in [0.5, 0.6) is 0 Å². The lowest BCUT2D eigenvalue weighted by atomic mass is 10.1. The molecule has 0 unspecified atom stereocenters. The van der Waals surface area contributed by atoms with Crippen molar-refractivity contribution in [3.8, 4) is 0 Å². The third-order valence-corrected chi connectivity index (χ3v) is 5.53. The number of nitrogens with one attached hydrogen (secondary N) is 2. The molecule has 2 aromatic carbocycles. The van der Waals surface area contributed by atoms with Crippen LogP contribution in [-0.2, 0) is 14.8 Å². The largest absolute Gasteiger partial charge is 0.383 e. The molecule has 0 aromatic heterocycles. The molecule has 26 heavy (non-hydrogen) atoms. The molecule has 1 amide bonds. The highest BCUT2D eigenvalue weighted by molar-refractivity contribution is 7.89. The van der Waals surface area contributed by atoms with E-state index in [4.69, 9.17) is 4.74 Å². The zero-order valence-corrected chi connectivity index (χ0v) is 16.0. The van der Waals surface area contributed by atoms with Gasteiger partial charge in [-0.15, -0.1) is 0 Å². The van der Waals surface area contributed by atoms with Gasteiger partial charge in [0.15, 0.2) is 0 Å². The summed E-state index contributed by atoms with van der Waals surface area (Å²) in [6.07, 6.45) is 0. The van der Waals surface area contributed by atoms with Gasteiger partial charge in [0.1, 0.15) is 0 Å². The molecule has 0 radical (unpaired) electrons. The molecular formula is C19H24N2O4S. The van der Waals surface area contributed by atoms with E-state index in [1.807, 2.05) is 30.3 Å². The van der Waals surface area contributed by atoms with Gasteiger partial charge in [0.2, 0.25) is 10.0 Å². The van der Waals surface area contributed by atoms with E-state index in [1.165, 1.54) is 12.1 Å². The third-order valence-electron chi connectivity index (χ3n) is 3.99. The van der Waals surface area contributed by atoms with E-state index in [9.17, 15) is 13.2 Å². The Morgan fingerprint density at radius 3 is 2.50 bits per heavy atom. The molecule has 1 atom stereocenters. The fourth-order valence-corrected chi connectivity index (χ4v) is 3.74. The number of carbonyl (C=O) groups excluding carboxylic acids is 1. The molecule has 6 nitrogen and oxygen atoms in total. The lowest BCUT2D eigenvalue weighted by Gasteiger charge is -2.16. The first-order chi connectivity index (χ1) is 12.3. The summed E-state index contributed by atoms with van der Waals surface area (Å²) in [7, 11) is -2.21. The maximum Gasteiger partial charge on any atom is 0.251 e. The predicted molar refractivity (Wildman–Crippen MR) is 101 cm³/mol. The summed E-state index contributed by atoms with van der Waals surface area (Å²) >= 11 is 0. The first-order valence-electron chi connectivity index (χ1n) is 8.30. The Labute approximate surface area is 154 Å². The number of hydrogen-bond donors (Lipinski definition) is 2. The Bertz CT molecular complexity index is 851. The highest BCUT2D eigenvalue weighted by Crippen LogP contribution is 2.19. The minimum absolute atomic E-state index is 0.0581. The summed E-state index contributed by atoms with van der Waals surface area (Å²) < 4.78 is 32.9. The molecule has 2 aromatic rings. The van der Waals surface area contributed by atoms with Gasteiger partial charge in [-0.25, -0.2) is 13.1 Å². The molecule has 2 N–H and O–H groups in total. The van der Waals surface area contributed by atoms with Crippen LogP contribution in [0.4, 0.5) is 0 Å². The number of methoxy groups -OCH3 is 1. The molecular weight excluding hydrogens is 352 g/mol. The van der Waals surface area contributed by atoms with E-state index in [2.05, 4.69) is 10.0 Å². The maximum atomic E-state index is 12.7. The summed E-state index contributed by atoms with van der Waals surface area (Å²) in [6.45, 7) is 4.29. The van der Waals surface area contributed by atoms with E-state index < -0.39 is 10.0 Å². The number of amides is 1. The number of benzene rings is 2. The van der Waals surface area contributed by atoms with Crippen molar-refractivity contribution in [3.63, 3.8) is 0 Å². The molecule has 7 heteroatoms. The molecule has 0 aliphatic heterocycles. The summed E-state index contributed by atoms with van der Waals surface area (Å²) in [6, 6.07) is 13.4. The Kier molecular flexibility index (Phi) is 6.90. The van der Waals surface area contributed by atoms with Gasteiger partial charge in [0, 0.05) is 25.3 Å². The van der Waals surface area contributed by atoms with Gasteiger partial charge >= 0.3 is 0 Å². The summed E-state index contributed by atoms with van der Waals surface area (Å²) in [5.41, 5.74) is 1.90. The summed E-state index contributed by atoms with van der Waals surface area (Å²) in [5, 5.41) is 2.71. The number of rotatable bonds is 8. The second-order valence-electron chi connectivity index (χ2n) is 5.98. The van der Waals surface area contributed by atoms with Crippen molar-refractivity contribution in [2.75, 3.05) is 20.3 Å². The van der Waals surface area contributed by atoms with Gasteiger partial charge in [0.25, 0.3) is 5.91 Å². The van der Waals surface area contributed by atoms with E-state index in [0.29, 0.717) is 24.3 Å². The Morgan fingerprint density at radius 2 is 1.85 bits per heavy atom. The molecule has 0 spiro atoms. The monoisotopic (exact) mass is 376 g/mol. The molecule has 0 aliphatic carbocycles. The maximum absolute atomic E-state index is 12.7. The second-order valence-corrected chi connectivity index (χ2v) is 7.69. The van der Waals surface area contributed by atoms with Crippen LogP contribution in [0.3, 0.4) is 0 Å². The van der Waals surface area contributed by atoms with Crippen molar-refractivity contribution in [2.45, 2.75) is 24.8 Å². The Balaban J connectivity index is 2.21. The predicted octanol–water partition coefficient (Wildman–Crippen LogP) is 2.41. The van der Waals surface area contributed by atoms with Crippen LogP contribution in [0.15, 0.2) is 53.4 Å². The van der Waals surface area contributed by atoms with Gasteiger partial charge in [-0.05, 0) is 37.1 Å². The van der Waals surface area contributed by atoms with Gasteiger partial charge in [-0.2, -0.15) is 0 Å². The molecule has 0 bridgehead atoms. The fourth-order valence-electron chi connectivity index (χ4n) is 2.49. The smallest absolute Gasteiger partial charge is 0.251 e. The molecule has 0 aliphatic rings. The van der Waals surface area contributed by atoms with Crippen molar-refractivity contribution < 1.29 is 17.9 Å². The SMILES string of the molecule is COCCNC(=O)c1cc(S(=O)(=O)N[C@@H](C)c2ccccc2)ccc1C. The topological polar surface area (TPSA) is 84.5 Å². The van der Waals surface area contributed by atoms with Crippen LogP contribution in [0.2, 0.25) is 0 Å². The van der Waals surface area contributed by atoms with Crippen LogP contribution >= 0.6 is 0 Å². The lowest BCUT2D eigenvalue weighted by Crippen LogP contribution is -2.29. The zero-order valence-electron chi connectivity index (χ0n) is 15.2. The van der Waals surface area contributed by atoms with E-state index in [1.54, 1.807) is 27.0 Å². The van der Waals surface area contributed by atoms with E-state index >= 15 is 0 Å². The second kappa shape index (κ2) is 8.93. The fraction of sp³-hybridized carbons (Fsp3) is 0.316. The van der Waals surface area contributed by atoms with E-state index in [-0.39, 0.29) is 16.8 Å². The average molecular weight is 376 g/mol. The highest BCUT2D eigenvalue weighted by Gasteiger charge is 2.20. The van der Waals surface area contributed by atoms with Crippen LogP contribution in [-0.4, -0.2) is 34.6 Å². The third kappa shape index (κ3) is 5.14. The molecule has 140 valence electrons.